The van der Waals surface area contributed by atoms with Crippen molar-refractivity contribution in [3.05, 3.63) is 107 Å². The van der Waals surface area contributed by atoms with Crippen molar-refractivity contribution in [2.75, 3.05) is 26.4 Å². The molecule has 1 aliphatic heterocycles. The smallest absolute Gasteiger partial charge is 0.330 e. The first kappa shape index (κ1) is 53.7. The van der Waals surface area contributed by atoms with Crippen LogP contribution in [0.5, 0.6) is 23.0 Å². The molecule has 0 aromatic heterocycles. The zero-order chi connectivity index (χ0) is 51.6. The SMILES string of the molecule is C=CC(=O)OCCOC(=O)Cc1ccc(OC(=O)[C@H]2CC[C@H](C(=O)Oc3ccc(OC(=O)[C@H]4CC[C@H](C(=O)Oc5ccc(CC(=O)OCCOC(=O)C=C)cc5)CC4)c4c3SC(=C(C#N)C#N)S4)CC2)cc1. The molecule has 18 nitrogen and oxygen atoms in total. The Morgan fingerprint density at radius 3 is 1.12 bits per heavy atom. The normalized spacial score (nSPS) is 17.7. The molecule has 3 aliphatic rings. The minimum Gasteiger partial charge on any atom is -0.462 e. The minimum atomic E-state index is -0.620. The number of allylic oxidation sites excluding steroid dienone is 1. The quantitative estimate of drug-likeness (QED) is 0.0266. The molecule has 1 heterocycles. The van der Waals surface area contributed by atoms with Crippen LogP contribution in [0.2, 0.25) is 0 Å². The van der Waals surface area contributed by atoms with E-state index < -0.39 is 71.4 Å². The number of benzene rings is 3. The summed E-state index contributed by atoms with van der Waals surface area (Å²) < 4.78 is 43.0. The number of carbonyl (C=O) groups excluding carboxylic acids is 8. The molecular formula is C52H48N2O16S2. The van der Waals surface area contributed by atoms with Gasteiger partial charge in [0.2, 0.25) is 0 Å². The van der Waals surface area contributed by atoms with Crippen molar-refractivity contribution in [2.24, 2.45) is 23.7 Å². The third-order valence-electron chi connectivity index (χ3n) is 11.6. The number of nitriles is 2. The van der Waals surface area contributed by atoms with Crippen molar-refractivity contribution >= 4 is 71.3 Å². The lowest BCUT2D eigenvalue weighted by molar-refractivity contribution is -0.149. The lowest BCUT2D eigenvalue weighted by Crippen LogP contribution is -2.30. The highest BCUT2D eigenvalue weighted by Gasteiger charge is 2.37. The van der Waals surface area contributed by atoms with Crippen molar-refractivity contribution in [2.45, 2.75) is 74.0 Å². The van der Waals surface area contributed by atoms with Gasteiger partial charge in [0.15, 0.2) is 0 Å². The molecule has 2 aliphatic carbocycles. The summed E-state index contributed by atoms with van der Waals surface area (Å²) in [6.45, 7) is 6.18. The fourth-order valence-corrected chi connectivity index (χ4v) is 10.2. The van der Waals surface area contributed by atoms with Gasteiger partial charge in [-0.2, -0.15) is 10.5 Å². The number of ether oxygens (including phenoxy) is 8. The van der Waals surface area contributed by atoms with Gasteiger partial charge in [0.1, 0.15) is 67.1 Å². The summed E-state index contributed by atoms with van der Waals surface area (Å²) in [4.78, 5) is 101. The molecule has 6 rings (SSSR count). The zero-order valence-corrected chi connectivity index (χ0v) is 40.4. The number of nitrogens with zero attached hydrogens (tertiary/aromatic N) is 2. The van der Waals surface area contributed by atoms with Gasteiger partial charge in [0, 0.05) is 12.2 Å². The molecule has 2 saturated carbocycles. The largest absolute Gasteiger partial charge is 0.462 e. The molecule has 2 fully saturated rings. The second-order valence-electron chi connectivity index (χ2n) is 16.4. The first-order valence-corrected chi connectivity index (χ1v) is 24.4. The Hall–Kier alpha value is -7.68. The van der Waals surface area contributed by atoms with Crippen molar-refractivity contribution < 1.29 is 76.3 Å². The molecular weight excluding hydrogens is 973 g/mol. The molecule has 3 aromatic carbocycles. The van der Waals surface area contributed by atoms with E-state index in [1.807, 2.05) is 12.1 Å². The van der Waals surface area contributed by atoms with Gasteiger partial charge in [-0.05, 0) is 98.9 Å². The molecule has 0 bridgehead atoms. The van der Waals surface area contributed by atoms with Crippen LogP contribution in [0, 0.1) is 46.3 Å². The summed E-state index contributed by atoms with van der Waals surface area (Å²) in [6, 6.07) is 19.5. The van der Waals surface area contributed by atoms with E-state index in [0.29, 0.717) is 76.5 Å². The van der Waals surface area contributed by atoms with Gasteiger partial charge >= 0.3 is 47.8 Å². The Morgan fingerprint density at radius 2 is 0.806 bits per heavy atom. The maximum absolute atomic E-state index is 13.6. The molecule has 3 aromatic rings. The summed E-state index contributed by atoms with van der Waals surface area (Å²) >= 11 is 2.10. The molecule has 0 saturated heterocycles. The van der Waals surface area contributed by atoms with Gasteiger partial charge in [-0.3, -0.25) is 28.8 Å². The zero-order valence-electron chi connectivity index (χ0n) is 38.8. The number of hydrogen-bond donors (Lipinski definition) is 0. The molecule has 0 spiro atoms. The van der Waals surface area contributed by atoms with Crippen LogP contribution in [0.3, 0.4) is 0 Å². The number of rotatable bonds is 20. The average molecular weight is 1020 g/mol. The Kier molecular flexibility index (Phi) is 19.8. The summed E-state index contributed by atoms with van der Waals surface area (Å²) in [5, 5.41) is 19.3. The number of thioether (sulfide) groups is 2. The predicted octanol–water partition coefficient (Wildman–Crippen LogP) is 7.41. The average Bonchev–Trinajstić information content (AvgIpc) is 3.84. The second-order valence-corrected chi connectivity index (χ2v) is 18.7. The monoisotopic (exact) mass is 1020 g/mol. The first-order chi connectivity index (χ1) is 34.8. The highest BCUT2D eigenvalue weighted by molar-refractivity contribution is 8.24. The fourth-order valence-electron chi connectivity index (χ4n) is 7.72. The van der Waals surface area contributed by atoms with Crippen LogP contribution in [-0.4, -0.2) is 74.2 Å². The predicted molar refractivity (Wildman–Crippen MR) is 254 cm³/mol. The van der Waals surface area contributed by atoms with Crippen molar-refractivity contribution in [3.8, 4) is 35.1 Å². The van der Waals surface area contributed by atoms with Crippen LogP contribution < -0.4 is 18.9 Å². The molecule has 20 heteroatoms. The van der Waals surface area contributed by atoms with Crippen LogP contribution >= 0.6 is 23.5 Å². The topological polar surface area (TPSA) is 258 Å². The van der Waals surface area contributed by atoms with Crippen molar-refractivity contribution in [3.63, 3.8) is 0 Å². The van der Waals surface area contributed by atoms with Gasteiger partial charge < -0.3 is 37.9 Å². The van der Waals surface area contributed by atoms with E-state index in [1.54, 1.807) is 48.5 Å². The first-order valence-electron chi connectivity index (χ1n) is 22.8. The van der Waals surface area contributed by atoms with E-state index in [0.717, 1.165) is 35.7 Å². The summed E-state index contributed by atoms with van der Waals surface area (Å²) in [5.41, 5.74) is 1.07. The molecule has 0 amide bonds. The molecule has 0 radical (unpaired) electrons. The van der Waals surface area contributed by atoms with Crippen molar-refractivity contribution in [1.82, 2.24) is 0 Å². The third-order valence-corrected chi connectivity index (χ3v) is 14.2. The number of hydrogen-bond acceptors (Lipinski definition) is 20. The van der Waals surface area contributed by atoms with E-state index in [1.165, 1.54) is 12.1 Å². The number of fused-ring (bicyclic) bond motifs is 1. The third kappa shape index (κ3) is 15.4. The molecule has 0 N–H and O–H groups in total. The van der Waals surface area contributed by atoms with Gasteiger partial charge in [-0.25, -0.2) is 9.59 Å². The maximum Gasteiger partial charge on any atom is 0.330 e. The summed E-state index contributed by atoms with van der Waals surface area (Å²) in [7, 11) is 0. The maximum atomic E-state index is 13.6. The number of carbonyl (C=O) groups is 8. The van der Waals surface area contributed by atoms with E-state index in [-0.39, 0.29) is 67.8 Å². The summed E-state index contributed by atoms with van der Waals surface area (Å²) in [6.07, 6.45) is 4.76. The van der Waals surface area contributed by atoms with Gasteiger partial charge in [0.05, 0.1) is 50.5 Å². The standard InChI is InChI=1S/C52H48N2O16S2/c1-3-42(55)63-23-25-65-44(57)27-31-5-17-38(18-6-31)67-48(59)33-9-13-35(14-10-33)50(61)69-40-21-22-41(47-46(40)71-52(72-47)37(29-53)30-54)70-51(62)36-15-11-34(12-16-36)49(60)68-39-19-7-32(8-20-39)28-45(58)66-26-24-64-43(56)4-2/h3-8,17-22,33-36H,1-2,9-16,23-28H2/t33-,34-,35-,36-. The van der Waals surface area contributed by atoms with E-state index in [2.05, 4.69) is 13.2 Å². The summed E-state index contributed by atoms with van der Waals surface area (Å²) in [5.74, 6) is -5.40. The number of esters is 8. The van der Waals surface area contributed by atoms with E-state index >= 15 is 0 Å². The van der Waals surface area contributed by atoms with Crippen LogP contribution in [0.4, 0.5) is 0 Å². The van der Waals surface area contributed by atoms with Gasteiger partial charge in [0.25, 0.3) is 0 Å². The minimum absolute atomic E-state index is 0.0429. The highest BCUT2D eigenvalue weighted by atomic mass is 32.2. The van der Waals surface area contributed by atoms with Crippen LogP contribution in [-0.2, 0) is 70.1 Å². The molecule has 72 heavy (non-hydrogen) atoms. The highest BCUT2D eigenvalue weighted by Crippen LogP contribution is 2.59. The van der Waals surface area contributed by atoms with E-state index in [4.69, 9.17) is 37.9 Å². The van der Waals surface area contributed by atoms with Crippen LogP contribution in [0.15, 0.2) is 106 Å². The van der Waals surface area contributed by atoms with Crippen LogP contribution in [0.1, 0.15) is 62.5 Å². The Morgan fingerprint density at radius 1 is 0.486 bits per heavy atom. The van der Waals surface area contributed by atoms with E-state index in [9.17, 15) is 48.9 Å². The molecule has 374 valence electrons. The second kappa shape index (κ2) is 26.5. The molecule has 0 unspecified atom stereocenters. The van der Waals surface area contributed by atoms with Crippen molar-refractivity contribution in [1.29, 1.82) is 10.5 Å². The Bertz CT molecular complexity index is 2510. The van der Waals surface area contributed by atoms with Crippen LogP contribution in [0.25, 0.3) is 0 Å². The fraction of sp³-hybridized carbons (Fsp3) is 0.346. The lowest BCUT2D eigenvalue weighted by atomic mass is 9.82. The van der Waals surface area contributed by atoms with Gasteiger partial charge in [-0.1, -0.05) is 60.9 Å². The molecule has 0 atom stereocenters. The Labute approximate surface area is 422 Å². The lowest BCUT2D eigenvalue weighted by Gasteiger charge is -2.26. The van der Waals surface area contributed by atoms with Gasteiger partial charge in [-0.15, -0.1) is 0 Å². The Balaban J connectivity index is 0.964.